The number of carbonyl (C=O) groups excluding carboxylic acids is 2. The normalized spacial score (nSPS) is 9.95. The smallest absolute Gasteiger partial charge is 0.412 e. The summed E-state index contributed by atoms with van der Waals surface area (Å²) in [5.41, 5.74) is 0.583. The van der Waals surface area contributed by atoms with Crippen molar-refractivity contribution in [3.63, 3.8) is 0 Å². The molecule has 9 nitrogen and oxygen atoms in total. The third kappa shape index (κ3) is 4.56. The second kappa shape index (κ2) is 6.98. The SMILES string of the molecule is CCOC(=O)Nc1cnn(CC(=O)Nc2cccnc2)n1. The van der Waals surface area contributed by atoms with Gasteiger partial charge in [0.05, 0.1) is 24.7 Å². The lowest BCUT2D eigenvalue weighted by Crippen LogP contribution is -2.20. The lowest BCUT2D eigenvalue weighted by Gasteiger charge is -2.03. The van der Waals surface area contributed by atoms with Crippen LogP contribution in [0.2, 0.25) is 0 Å². The van der Waals surface area contributed by atoms with E-state index < -0.39 is 6.09 Å². The highest BCUT2D eigenvalue weighted by Crippen LogP contribution is 2.03. The molecule has 110 valence electrons. The number of pyridine rings is 1. The van der Waals surface area contributed by atoms with E-state index in [2.05, 4.69) is 25.8 Å². The van der Waals surface area contributed by atoms with Crippen LogP contribution < -0.4 is 10.6 Å². The topological polar surface area (TPSA) is 111 Å². The van der Waals surface area contributed by atoms with Gasteiger partial charge in [0.15, 0.2) is 5.82 Å². The molecule has 0 spiro atoms. The molecule has 9 heteroatoms. The number of aromatic nitrogens is 4. The molecular weight excluding hydrogens is 276 g/mol. The van der Waals surface area contributed by atoms with Crippen LogP contribution >= 0.6 is 0 Å². The lowest BCUT2D eigenvalue weighted by atomic mass is 10.4. The zero-order chi connectivity index (χ0) is 15.1. The first-order chi connectivity index (χ1) is 10.2. The molecule has 0 unspecified atom stereocenters. The molecule has 0 radical (unpaired) electrons. The Kier molecular flexibility index (Phi) is 4.80. The van der Waals surface area contributed by atoms with Crippen molar-refractivity contribution in [2.45, 2.75) is 13.5 Å². The minimum atomic E-state index is -0.621. The Morgan fingerprint density at radius 3 is 2.90 bits per heavy atom. The third-order valence-corrected chi connectivity index (χ3v) is 2.27. The first-order valence-corrected chi connectivity index (χ1v) is 6.21. The van der Waals surface area contributed by atoms with Crippen molar-refractivity contribution in [3.05, 3.63) is 30.7 Å². The van der Waals surface area contributed by atoms with Gasteiger partial charge in [0.25, 0.3) is 0 Å². The van der Waals surface area contributed by atoms with Gasteiger partial charge in [-0.15, -0.1) is 5.10 Å². The van der Waals surface area contributed by atoms with Crippen LogP contribution in [0, 0.1) is 0 Å². The molecule has 2 rings (SSSR count). The van der Waals surface area contributed by atoms with Crippen molar-refractivity contribution in [1.82, 2.24) is 20.0 Å². The Labute approximate surface area is 120 Å². The summed E-state index contributed by atoms with van der Waals surface area (Å²) in [5, 5.41) is 12.8. The number of rotatable bonds is 5. The monoisotopic (exact) mass is 290 g/mol. The summed E-state index contributed by atoms with van der Waals surface area (Å²) in [5.74, 6) is -0.0936. The Hall–Kier alpha value is -2.97. The number of carbonyl (C=O) groups is 2. The highest BCUT2D eigenvalue weighted by molar-refractivity contribution is 5.90. The van der Waals surface area contributed by atoms with E-state index in [9.17, 15) is 9.59 Å². The fraction of sp³-hybridized carbons (Fsp3) is 0.250. The molecule has 0 fully saturated rings. The van der Waals surface area contributed by atoms with Gasteiger partial charge in [-0.05, 0) is 19.1 Å². The van der Waals surface area contributed by atoms with E-state index in [-0.39, 0.29) is 24.9 Å². The van der Waals surface area contributed by atoms with Gasteiger partial charge < -0.3 is 10.1 Å². The van der Waals surface area contributed by atoms with Gasteiger partial charge in [-0.25, -0.2) is 4.79 Å². The van der Waals surface area contributed by atoms with Crippen LogP contribution in [0.5, 0.6) is 0 Å². The first kappa shape index (κ1) is 14.4. The van der Waals surface area contributed by atoms with Crippen molar-refractivity contribution in [1.29, 1.82) is 0 Å². The molecule has 2 N–H and O–H groups in total. The molecule has 0 aliphatic heterocycles. The maximum atomic E-state index is 11.8. The predicted molar refractivity (Wildman–Crippen MR) is 73.5 cm³/mol. The molecule has 0 atom stereocenters. The van der Waals surface area contributed by atoms with Gasteiger partial charge in [-0.3, -0.25) is 15.1 Å². The summed E-state index contributed by atoms with van der Waals surface area (Å²) in [6, 6.07) is 3.43. The van der Waals surface area contributed by atoms with E-state index in [0.717, 1.165) is 4.80 Å². The fourth-order valence-electron chi connectivity index (χ4n) is 1.47. The third-order valence-electron chi connectivity index (χ3n) is 2.27. The van der Waals surface area contributed by atoms with Crippen molar-refractivity contribution in [3.8, 4) is 0 Å². The van der Waals surface area contributed by atoms with E-state index in [1.165, 1.54) is 12.4 Å². The Morgan fingerprint density at radius 2 is 2.19 bits per heavy atom. The lowest BCUT2D eigenvalue weighted by molar-refractivity contribution is -0.117. The van der Waals surface area contributed by atoms with Crippen LogP contribution in [0.25, 0.3) is 0 Å². The molecule has 0 bridgehead atoms. The molecule has 2 aromatic rings. The van der Waals surface area contributed by atoms with E-state index >= 15 is 0 Å². The highest BCUT2D eigenvalue weighted by Gasteiger charge is 2.09. The van der Waals surface area contributed by atoms with E-state index in [0.29, 0.717) is 5.69 Å². The van der Waals surface area contributed by atoms with Crippen molar-refractivity contribution < 1.29 is 14.3 Å². The van der Waals surface area contributed by atoms with Crippen LogP contribution in [-0.4, -0.2) is 38.6 Å². The molecule has 0 saturated heterocycles. The average Bonchev–Trinajstić information content (AvgIpc) is 2.87. The van der Waals surface area contributed by atoms with Crippen LogP contribution in [-0.2, 0) is 16.1 Å². The van der Waals surface area contributed by atoms with E-state index in [1.54, 1.807) is 25.3 Å². The van der Waals surface area contributed by atoms with Crippen molar-refractivity contribution >= 4 is 23.5 Å². The fourth-order valence-corrected chi connectivity index (χ4v) is 1.47. The molecule has 0 aliphatic carbocycles. The van der Waals surface area contributed by atoms with Crippen LogP contribution in [0.3, 0.4) is 0 Å². The second-order valence-electron chi connectivity index (χ2n) is 3.90. The highest BCUT2D eigenvalue weighted by atomic mass is 16.5. The van der Waals surface area contributed by atoms with Gasteiger partial charge >= 0.3 is 6.09 Å². The van der Waals surface area contributed by atoms with Gasteiger partial charge in [0.1, 0.15) is 6.54 Å². The van der Waals surface area contributed by atoms with Crippen LogP contribution in [0.4, 0.5) is 16.3 Å². The van der Waals surface area contributed by atoms with Crippen LogP contribution in [0.1, 0.15) is 6.92 Å². The molecule has 2 heterocycles. The first-order valence-electron chi connectivity index (χ1n) is 6.21. The van der Waals surface area contributed by atoms with Gasteiger partial charge in [0, 0.05) is 6.20 Å². The van der Waals surface area contributed by atoms with Gasteiger partial charge in [-0.1, -0.05) is 0 Å². The van der Waals surface area contributed by atoms with E-state index in [4.69, 9.17) is 4.74 Å². The van der Waals surface area contributed by atoms with Gasteiger partial charge in [-0.2, -0.15) is 9.90 Å². The number of ether oxygens (including phenoxy) is 1. The number of nitrogens with zero attached hydrogens (tertiary/aromatic N) is 4. The number of hydrogen-bond acceptors (Lipinski definition) is 6. The van der Waals surface area contributed by atoms with Gasteiger partial charge in [0.2, 0.25) is 5.91 Å². The zero-order valence-corrected chi connectivity index (χ0v) is 11.3. The minimum absolute atomic E-state index is 0.0839. The summed E-state index contributed by atoms with van der Waals surface area (Å²) in [4.78, 5) is 28.0. The average molecular weight is 290 g/mol. The number of anilines is 2. The maximum Gasteiger partial charge on any atom is 0.412 e. The van der Waals surface area contributed by atoms with Crippen LogP contribution in [0.15, 0.2) is 30.7 Å². The number of amides is 2. The van der Waals surface area contributed by atoms with E-state index in [1.807, 2.05) is 0 Å². The standard InChI is InChI=1S/C12H14N6O3/c1-2-21-12(20)16-10-7-14-18(17-10)8-11(19)15-9-4-3-5-13-6-9/h3-7H,2,8H2,1H3,(H,15,19)(H,16,17,20). The molecule has 0 saturated carbocycles. The zero-order valence-electron chi connectivity index (χ0n) is 11.3. The Bertz CT molecular complexity index is 612. The molecule has 0 aliphatic rings. The second-order valence-corrected chi connectivity index (χ2v) is 3.90. The minimum Gasteiger partial charge on any atom is -0.450 e. The Morgan fingerprint density at radius 1 is 1.33 bits per heavy atom. The molecule has 0 aromatic carbocycles. The quantitative estimate of drug-likeness (QED) is 0.845. The molecule has 2 aromatic heterocycles. The summed E-state index contributed by atoms with van der Waals surface area (Å²) in [6.07, 6.45) is 3.85. The Balaban J connectivity index is 1.87. The van der Waals surface area contributed by atoms with Crippen molar-refractivity contribution in [2.75, 3.05) is 17.2 Å². The summed E-state index contributed by atoms with van der Waals surface area (Å²) < 4.78 is 4.70. The summed E-state index contributed by atoms with van der Waals surface area (Å²) >= 11 is 0. The summed E-state index contributed by atoms with van der Waals surface area (Å²) in [7, 11) is 0. The number of hydrogen-bond donors (Lipinski definition) is 2. The molecule has 2 amide bonds. The van der Waals surface area contributed by atoms with Crippen molar-refractivity contribution in [2.24, 2.45) is 0 Å². The summed E-state index contributed by atoms with van der Waals surface area (Å²) in [6.45, 7) is 1.87. The number of nitrogens with one attached hydrogen (secondary N) is 2. The molecular formula is C12H14N6O3. The predicted octanol–water partition coefficient (Wildman–Crippen LogP) is 0.880. The largest absolute Gasteiger partial charge is 0.450 e. The maximum absolute atomic E-state index is 11.8. The molecule has 21 heavy (non-hydrogen) atoms.